The van der Waals surface area contributed by atoms with Crippen LogP contribution in [0.5, 0.6) is 0 Å². The lowest BCUT2D eigenvalue weighted by molar-refractivity contribution is 0.666. The highest BCUT2D eigenvalue weighted by atomic mass is 32.1. The first-order valence-corrected chi connectivity index (χ1v) is 52.7. The highest BCUT2D eigenvalue weighted by molar-refractivity contribution is 7.26. The molecule has 1 aliphatic rings. The van der Waals surface area contributed by atoms with E-state index >= 15 is 0 Å². The van der Waals surface area contributed by atoms with Crippen molar-refractivity contribution < 1.29 is 4.42 Å². The van der Waals surface area contributed by atoms with Crippen LogP contribution < -0.4 is 0 Å². The van der Waals surface area contributed by atoms with Gasteiger partial charge in [0, 0.05) is 171 Å². The lowest BCUT2D eigenvalue weighted by Gasteiger charge is -2.22. The number of fused-ring (bicyclic) bond motifs is 29. The Kier molecular flexibility index (Phi) is 19.7. The topological polar surface area (TPSA) is 123 Å². The number of benzene rings is 20. The molecule has 0 atom stereocenters. The quantitative estimate of drug-likeness (QED) is 0.125. The van der Waals surface area contributed by atoms with Gasteiger partial charge in [-0.1, -0.05) is 360 Å². The van der Waals surface area contributed by atoms with Crippen molar-refractivity contribution in [2.75, 3.05) is 0 Å². The molecular formula is C134H83N11OS3. The average Bonchev–Trinajstić information content (AvgIpc) is 1.53. The van der Waals surface area contributed by atoms with Gasteiger partial charge in [0.25, 0.3) is 0 Å². The number of aromatic nitrogens is 11. The van der Waals surface area contributed by atoms with Gasteiger partial charge in [-0.05, 0) is 143 Å². The molecule has 20 aromatic carbocycles. The number of rotatable bonds is 11. The van der Waals surface area contributed by atoms with Crippen LogP contribution in [0.25, 0.3) is 283 Å². The molecule has 32 rings (SSSR count). The van der Waals surface area contributed by atoms with Crippen LogP contribution >= 0.6 is 34.0 Å². The second-order valence-electron chi connectivity index (χ2n) is 38.8. The van der Waals surface area contributed by atoms with Crippen molar-refractivity contribution in [3.8, 4) is 114 Å². The van der Waals surface area contributed by atoms with Crippen molar-refractivity contribution in [3.63, 3.8) is 0 Å². The number of thiophene rings is 3. The Bertz CT molecular complexity index is 10900. The summed E-state index contributed by atoms with van der Waals surface area (Å²) in [5.74, 6) is 4.96. The highest BCUT2D eigenvalue weighted by Gasteiger charge is 2.39. The third-order valence-electron chi connectivity index (χ3n) is 30.0. The Hall–Kier alpha value is -18.8. The first-order valence-electron chi connectivity index (χ1n) is 50.2. The van der Waals surface area contributed by atoms with Crippen molar-refractivity contribution in [1.82, 2.24) is 53.2 Å². The van der Waals surface area contributed by atoms with Gasteiger partial charge in [0.15, 0.2) is 23.3 Å². The molecule has 0 bridgehead atoms. The van der Waals surface area contributed by atoms with E-state index in [0.717, 1.165) is 144 Å². The van der Waals surface area contributed by atoms with E-state index in [1.54, 1.807) is 11.3 Å². The Balaban J connectivity index is 0.000000103. The molecule has 0 spiro atoms. The molecular weight excluding hydrogens is 1880 g/mol. The Morgan fingerprint density at radius 2 is 0.671 bits per heavy atom. The van der Waals surface area contributed by atoms with Gasteiger partial charge in [0.05, 0.1) is 55.5 Å². The fourth-order valence-electron chi connectivity index (χ4n) is 23.3. The summed E-state index contributed by atoms with van der Waals surface area (Å²) in [5, 5.41) is 19.2. The van der Waals surface area contributed by atoms with Gasteiger partial charge >= 0.3 is 0 Å². The van der Waals surface area contributed by atoms with Crippen LogP contribution in [-0.2, 0) is 5.41 Å². The monoisotopic (exact) mass is 1960 g/mol. The standard InChI is InChI=1S/C49H33N3S.C45H27N5S.C40H23N3OS/c1-49(2)38-19-9-6-15-33(38)34-27-28-41-46(47(34)49)35-16-7-10-20-40(35)52(41)44-29-39(32-25-23-31(24-26-32)30-13-4-3-5-14-30)50-48(51-44)37-18-12-22-43-45(37)36-17-8-11-21-42(36)53-43;1-3-13-28(14-4-1)43-46-44(29-23-24-33-32-18-9-12-22-39(32)51-40(33)27-29)48-45(47-43)50-37-21-11-8-19-35(37)41-38(50)26-25-34-31-17-7-10-20-36(31)49(42(34)41)30-15-5-2-6-16-30;1-2-10-24(11-3-1)40-41-32(25-18-19-38-31(20-25)28-14-6-9-17-37(28)45-38)23-39(42-40)43-33-15-7-4-12-26(33)29-22-36-30(21-34(29)43)27-13-5-8-16-35(27)44-36/h3-29H,1-2H3;1-27H;1-23H. The Morgan fingerprint density at radius 1 is 0.215 bits per heavy atom. The molecule has 0 aliphatic heterocycles. The molecule has 0 N–H and O–H groups in total. The van der Waals surface area contributed by atoms with Gasteiger partial charge in [0.2, 0.25) is 5.95 Å². The van der Waals surface area contributed by atoms with Gasteiger partial charge in [0.1, 0.15) is 22.8 Å². The normalized spacial score (nSPS) is 12.4. The van der Waals surface area contributed by atoms with Crippen LogP contribution in [0, 0.1) is 0 Å². The first kappa shape index (κ1) is 85.8. The molecule has 11 aromatic heterocycles. The van der Waals surface area contributed by atoms with E-state index in [9.17, 15) is 0 Å². The minimum Gasteiger partial charge on any atom is -0.456 e. The summed E-state index contributed by atoms with van der Waals surface area (Å²) in [5.41, 5.74) is 27.2. The minimum absolute atomic E-state index is 0.154. The largest absolute Gasteiger partial charge is 0.456 e. The molecule has 11 heterocycles. The molecule has 15 heteroatoms. The minimum atomic E-state index is -0.154. The summed E-state index contributed by atoms with van der Waals surface area (Å²) in [6.45, 7) is 4.74. The molecule has 0 unspecified atom stereocenters. The predicted molar refractivity (Wildman–Crippen MR) is 623 cm³/mol. The molecule has 0 saturated carbocycles. The van der Waals surface area contributed by atoms with E-state index in [1.165, 1.54) is 126 Å². The number of hydrogen-bond donors (Lipinski definition) is 0. The molecule has 0 radical (unpaired) electrons. The summed E-state index contributed by atoms with van der Waals surface area (Å²) in [7, 11) is 0. The molecule has 0 amide bonds. The van der Waals surface area contributed by atoms with E-state index in [4.69, 9.17) is 39.3 Å². The zero-order valence-corrected chi connectivity index (χ0v) is 83.0. The van der Waals surface area contributed by atoms with Crippen LogP contribution in [0.1, 0.15) is 25.0 Å². The van der Waals surface area contributed by atoms with E-state index in [0.29, 0.717) is 23.4 Å². The van der Waals surface area contributed by atoms with E-state index in [-0.39, 0.29) is 5.41 Å². The Morgan fingerprint density at radius 3 is 1.38 bits per heavy atom. The maximum absolute atomic E-state index is 6.30. The molecule has 31 aromatic rings. The third kappa shape index (κ3) is 13.9. The molecule has 0 fully saturated rings. The van der Waals surface area contributed by atoms with Gasteiger partial charge < -0.3 is 8.98 Å². The van der Waals surface area contributed by atoms with Crippen LogP contribution in [-0.4, -0.2) is 53.2 Å². The van der Waals surface area contributed by atoms with E-state index in [1.807, 2.05) is 71.2 Å². The third-order valence-corrected chi connectivity index (χ3v) is 33.4. The van der Waals surface area contributed by atoms with Crippen molar-refractivity contribution >= 4 is 204 Å². The van der Waals surface area contributed by atoms with Crippen LogP contribution in [0.3, 0.4) is 0 Å². The number of nitrogens with zero attached hydrogens (tertiary/aromatic N) is 11. The zero-order chi connectivity index (χ0) is 98.2. The lowest BCUT2D eigenvalue weighted by atomic mass is 9.80. The van der Waals surface area contributed by atoms with E-state index in [2.05, 4.69) is 451 Å². The van der Waals surface area contributed by atoms with Gasteiger partial charge in [-0.25, -0.2) is 24.9 Å². The second-order valence-corrected chi connectivity index (χ2v) is 42.1. The van der Waals surface area contributed by atoms with Crippen molar-refractivity contribution in [3.05, 3.63) is 478 Å². The SMILES string of the molecule is CC1(C)c2ccccc2-c2ccc3c(c21)c1ccccc1n3-c1cc(-c2ccc(-c3ccccc3)cc2)nc(-c2cccc3sc4ccccc4c23)n1.c1ccc(-c2nc(-c3ccc4c(c3)sc3ccccc34)nc(-n3c4ccccc4c4c3ccc3c5ccccc5n(-c5ccccc5)c34)n2)cc1.c1ccc(-c2nc(-c3ccc4sc5ccccc5c4c3)cc(-n3c4ccccc4c4cc5oc6ccccc6c5cc43)n2)cc1. The zero-order valence-electron chi connectivity index (χ0n) is 80.5. The first-order chi connectivity index (χ1) is 73.6. The fraction of sp³-hybridized carbons (Fsp3) is 0.0224. The molecule has 698 valence electrons. The van der Waals surface area contributed by atoms with Gasteiger partial charge in [-0.2, -0.15) is 9.97 Å². The highest BCUT2D eigenvalue weighted by Crippen LogP contribution is 2.55. The molecule has 0 saturated heterocycles. The van der Waals surface area contributed by atoms with Gasteiger partial charge in [-0.15, -0.1) is 34.0 Å². The van der Waals surface area contributed by atoms with Crippen LogP contribution in [0.15, 0.2) is 472 Å². The fourth-order valence-corrected chi connectivity index (χ4v) is 26.7. The van der Waals surface area contributed by atoms with Crippen molar-refractivity contribution in [1.29, 1.82) is 0 Å². The summed E-state index contributed by atoms with van der Waals surface area (Å²) in [6.07, 6.45) is 0. The summed E-state index contributed by atoms with van der Waals surface area (Å²) >= 11 is 5.45. The maximum atomic E-state index is 6.30. The Labute approximate surface area is 865 Å². The van der Waals surface area contributed by atoms with Crippen molar-refractivity contribution in [2.24, 2.45) is 0 Å². The summed E-state index contributed by atoms with van der Waals surface area (Å²) in [6, 6.07) is 166. The van der Waals surface area contributed by atoms with Crippen LogP contribution in [0.4, 0.5) is 0 Å². The van der Waals surface area contributed by atoms with Gasteiger partial charge in [-0.3, -0.25) is 13.7 Å². The smallest absolute Gasteiger partial charge is 0.238 e. The second kappa shape index (κ2) is 34.2. The number of furan rings is 1. The molecule has 149 heavy (non-hydrogen) atoms. The predicted octanol–water partition coefficient (Wildman–Crippen LogP) is 36.2. The summed E-state index contributed by atoms with van der Waals surface area (Å²) < 4.78 is 23.1. The number of hydrogen-bond acceptors (Lipinski definition) is 11. The molecule has 1 aliphatic carbocycles. The van der Waals surface area contributed by atoms with Crippen LogP contribution in [0.2, 0.25) is 0 Å². The summed E-state index contributed by atoms with van der Waals surface area (Å²) in [4.78, 5) is 36.9. The van der Waals surface area contributed by atoms with E-state index < -0.39 is 0 Å². The van der Waals surface area contributed by atoms with Crippen molar-refractivity contribution in [2.45, 2.75) is 19.3 Å². The maximum Gasteiger partial charge on any atom is 0.238 e. The average molecular weight is 1960 g/mol. The number of para-hydroxylation sites is 6. The lowest BCUT2D eigenvalue weighted by Crippen LogP contribution is -2.15. The molecule has 12 nitrogen and oxygen atoms in total.